The van der Waals surface area contributed by atoms with Gasteiger partial charge < -0.3 is 14.7 Å². The number of anilines is 1. The maximum Gasteiger partial charge on any atom is 0.416 e. The van der Waals surface area contributed by atoms with Crippen LogP contribution in [0.25, 0.3) is 0 Å². The van der Waals surface area contributed by atoms with Gasteiger partial charge in [0, 0.05) is 18.7 Å². The molecule has 150 valence electrons. The fourth-order valence-corrected chi connectivity index (χ4v) is 3.83. The lowest BCUT2D eigenvalue weighted by Gasteiger charge is -2.31. The van der Waals surface area contributed by atoms with Crippen LogP contribution in [-0.2, 0) is 11.3 Å². The number of nitrogens with zero attached hydrogens (tertiary/aromatic N) is 3. The van der Waals surface area contributed by atoms with Crippen LogP contribution >= 0.6 is 0 Å². The molecule has 2 aliphatic rings. The number of aliphatic hydroxyl groups is 1. The number of benzene rings is 2. The van der Waals surface area contributed by atoms with E-state index >= 15 is 0 Å². The summed E-state index contributed by atoms with van der Waals surface area (Å²) in [6.45, 7) is 0.416. The number of carbonyl (C=O) groups excluding carboxylic acids is 2. The zero-order valence-corrected chi connectivity index (χ0v) is 15.4. The van der Waals surface area contributed by atoms with E-state index in [1.165, 1.54) is 17.0 Å². The van der Waals surface area contributed by atoms with Crippen LogP contribution in [0.3, 0.4) is 0 Å². The van der Waals surface area contributed by atoms with Gasteiger partial charge in [0.05, 0.1) is 22.2 Å². The molecule has 2 atom stereocenters. The molecule has 1 fully saturated rings. The van der Waals surface area contributed by atoms with Crippen molar-refractivity contribution in [2.24, 2.45) is 0 Å². The highest BCUT2D eigenvalue weighted by Gasteiger charge is 2.45. The van der Waals surface area contributed by atoms with Crippen LogP contribution in [0, 0.1) is 10.1 Å². The number of ether oxygens (including phenoxy) is 1. The Labute approximate surface area is 166 Å². The van der Waals surface area contributed by atoms with Gasteiger partial charge in [-0.05, 0) is 24.5 Å². The van der Waals surface area contributed by atoms with E-state index in [0.29, 0.717) is 19.4 Å². The maximum atomic E-state index is 13.0. The third kappa shape index (κ3) is 3.40. The van der Waals surface area contributed by atoms with Crippen molar-refractivity contribution in [3.8, 4) is 0 Å². The minimum absolute atomic E-state index is 0.0239. The summed E-state index contributed by atoms with van der Waals surface area (Å²) in [5.41, 5.74) is 0.564. The Hall–Kier alpha value is -3.46. The van der Waals surface area contributed by atoms with E-state index in [2.05, 4.69) is 0 Å². The van der Waals surface area contributed by atoms with E-state index in [1.54, 1.807) is 24.3 Å². The molecular weight excluding hydrogens is 378 g/mol. The number of rotatable bonds is 3. The summed E-state index contributed by atoms with van der Waals surface area (Å²) in [4.78, 5) is 39.0. The average Bonchev–Trinajstić information content (AvgIpc) is 3.19. The zero-order chi connectivity index (χ0) is 20.5. The molecule has 2 aromatic rings. The van der Waals surface area contributed by atoms with Gasteiger partial charge >= 0.3 is 6.09 Å². The number of aliphatic hydroxyl groups excluding tert-OH is 1. The summed E-state index contributed by atoms with van der Waals surface area (Å²) >= 11 is 0. The van der Waals surface area contributed by atoms with Crippen LogP contribution in [0.2, 0.25) is 0 Å². The number of non-ortho nitro benzene ring substituents is 1. The van der Waals surface area contributed by atoms with Gasteiger partial charge in [0.25, 0.3) is 11.6 Å². The molecule has 0 aliphatic carbocycles. The van der Waals surface area contributed by atoms with Crippen LogP contribution in [0.15, 0.2) is 48.5 Å². The Kier molecular flexibility index (Phi) is 4.89. The molecule has 2 amide bonds. The normalized spacial score (nSPS) is 20.7. The van der Waals surface area contributed by atoms with Crippen molar-refractivity contribution < 1.29 is 24.4 Å². The predicted molar refractivity (Wildman–Crippen MR) is 102 cm³/mol. The van der Waals surface area contributed by atoms with E-state index in [4.69, 9.17) is 4.74 Å². The van der Waals surface area contributed by atoms with Gasteiger partial charge in [-0.25, -0.2) is 9.69 Å². The molecule has 9 nitrogen and oxygen atoms in total. The largest absolute Gasteiger partial charge is 0.444 e. The number of hydrogen-bond acceptors (Lipinski definition) is 6. The van der Waals surface area contributed by atoms with Crippen LogP contribution in [0.4, 0.5) is 16.2 Å². The summed E-state index contributed by atoms with van der Waals surface area (Å²) in [5, 5.41) is 22.2. The van der Waals surface area contributed by atoms with Crippen molar-refractivity contribution in [2.75, 3.05) is 11.4 Å². The number of nitro benzene ring substituents is 1. The van der Waals surface area contributed by atoms with E-state index in [0.717, 1.165) is 16.5 Å². The lowest BCUT2D eigenvalue weighted by Crippen LogP contribution is -2.50. The van der Waals surface area contributed by atoms with Crippen LogP contribution in [0.1, 0.15) is 28.8 Å². The van der Waals surface area contributed by atoms with E-state index in [-0.39, 0.29) is 29.5 Å². The summed E-state index contributed by atoms with van der Waals surface area (Å²) in [6.07, 6.45) is -1.02. The second-order valence-electron chi connectivity index (χ2n) is 6.99. The number of amides is 2. The number of nitro groups is 1. The first-order valence-electron chi connectivity index (χ1n) is 9.25. The highest BCUT2D eigenvalue weighted by atomic mass is 16.6. The van der Waals surface area contributed by atoms with Crippen molar-refractivity contribution in [1.29, 1.82) is 0 Å². The van der Waals surface area contributed by atoms with Gasteiger partial charge in [-0.3, -0.25) is 14.9 Å². The zero-order valence-electron chi connectivity index (χ0n) is 15.4. The monoisotopic (exact) mass is 397 g/mol. The molecule has 2 unspecified atom stereocenters. The Morgan fingerprint density at radius 3 is 2.72 bits per heavy atom. The number of carbonyl (C=O) groups is 2. The van der Waals surface area contributed by atoms with Crippen molar-refractivity contribution in [3.05, 3.63) is 69.8 Å². The lowest BCUT2D eigenvalue weighted by atomic mass is 10.1. The molecule has 1 N–H and O–H groups in total. The summed E-state index contributed by atoms with van der Waals surface area (Å²) in [6, 6.07) is 12.1. The Morgan fingerprint density at radius 2 is 2.00 bits per heavy atom. The molecule has 2 aliphatic heterocycles. The van der Waals surface area contributed by atoms with Gasteiger partial charge in [-0.1, -0.05) is 30.3 Å². The minimum atomic E-state index is -1.37. The molecule has 0 radical (unpaired) electrons. The summed E-state index contributed by atoms with van der Waals surface area (Å²) < 4.78 is 5.36. The van der Waals surface area contributed by atoms with Crippen LogP contribution in [-0.4, -0.2) is 45.7 Å². The third-order valence-electron chi connectivity index (χ3n) is 5.25. The van der Waals surface area contributed by atoms with Crippen LogP contribution in [0.5, 0.6) is 0 Å². The van der Waals surface area contributed by atoms with E-state index < -0.39 is 23.3 Å². The highest BCUT2D eigenvalue weighted by Crippen LogP contribution is 2.36. The quantitative estimate of drug-likeness (QED) is 0.629. The van der Waals surface area contributed by atoms with Crippen molar-refractivity contribution in [2.45, 2.75) is 31.7 Å². The summed E-state index contributed by atoms with van der Waals surface area (Å²) in [7, 11) is 0. The minimum Gasteiger partial charge on any atom is -0.444 e. The average molecular weight is 397 g/mol. The first-order valence-corrected chi connectivity index (χ1v) is 9.25. The topological polar surface area (TPSA) is 113 Å². The van der Waals surface area contributed by atoms with Crippen LogP contribution < -0.4 is 4.90 Å². The molecule has 29 heavy (non-hydrogen) atoms. The maximum absolute atomic E-state index is 13.0. The smallest absolute Gasteiger partial charge is 0.416 e. The Morgan fingerprint density at radius 1 is 1.24 bits per heavy atom. The molecule has 9 heteroatoms. The fraction of sp³-hybridized carbons (Fsp3) is 0.300. The Balaban J connectivity index is 1.72. The number of fused-ring (bicyclic) bond motifs is 2. The molecule has 0 bridgehead atoms. The molecule has 4 rings (SSSR count). The van der Waals surface area contributed by atoms with Crippen molar-refractivity contribution in [1.82, 2.24) is 4.90 Å². The summed E-state index contributed by atoms with van der Waals surface area (Å²) in [5.74, 6) is -0.366. The van der Waals surface area contributed by atoms with Crippen molar-refractivity contribution in [3.63, 3.8) is 0 Å². The SMILES string of the molecule is O=C1c2ccc([N+](=O)[O-])cc2N(C(=O)OCc2ccccc2)C(O)C2CCCN12. The molecule has 2 aromatic carbocycles. The molecule has 0 saturated carbocycles. The first kappa shape index (κ1) is 18.9. The number of hydrogen-bond donors (Lipinski definition) is 1. The van der Waals surface area contributed by atoms with Gasteiger partial charge in [0.2, 0.25) is 0 Å². The predicted octanol–water partition coefficient (Wildman–Crippen LogP) is 2.67. The highest BCUT2D eigenvalue weighted by molar-refractivity contribution is 6.05. The van der Waals surface area contributed by atoms with Crippen molar-refractivity contribution >= 4 is 23.4 Å². The lowest BCUT2D eigenvalue weighted by molar-refractivity contribution is -0.384. The molecule has 0 aromatic heterocycles. The van der Waals surface area contributed by atoms with Gasteiger partial charge in [0.15, 0.2) is 6.23 Å². The molecule has 0 spiro atoms. The second kappa shape index (κ2) is 7.51. The van der Waals surface area contributed by atoms with E-state index in [1.807, 2.05) is 6.07 Å². The third-order valence-corrected chi connectivity index (χ3v) is 5.25. The Bertz CT molecular complexity index is 964. The van der Waals surface area contributed by atoms with Gasteiger partial charge in [-0.2, -0.15) is 0 Å². The fourth-order valence-electron chi connectivity index (χ4n) is 3.83. The molecule has 2 heterocycles. The standard InChI is InChI=1S/C20H19N3O6/c24-18-15-9-8-14(23(27)28)11-17(15)22(19(25)16-7-4-10-21(16)18)20(26)29-12-13-5-2-1-3-6-13/h1-3,5-6,8-9,11,16,19,25H,4,7,10,12H2. The van der Waals surface area contributed by atoms with Gasteiger partial charge in [0.1, 0.15) is 6.61 Å². The molecular formula is C20H19N3O6. The second-order valence-corrected chi connectivity index (χ2v) is 6.99. The molecule has 1 saturated heterocycles. The van der Waals surface area contributed by atoms with E-state index in [9.17, 15) is 24.8 Å². The van der Waals surface area contributed by atoms with Gasteiger partial charge in [-0.15, -0.1) is 0 Å². The first-order chi connectivity index (χ1) is 14.0.